The number of benzene rings is 1. The molecule has 0 spiro atoms. The van der Waals surface area contributed by atoms with E-state index in [9.17, 15) is 5.11 Å². The lowest BCUT2D eigenvalue weighted by atomic mass is 10.1. The van der Waals surface area contributed by atoms with Gasteiger partial charge in [0.1, 0.15) is 11.5 Å². The van der Waals surface area contributed by atoms with Crippen LogP contribution < -0.4 is 10.9 Å². The van der Waals surface area contributed by atoms with Gasteiger partial charge >= 0.3 is 0 Å². The molecule has 80 valence electrons. The molecule has 2 aromatic rings. The molecule has 3 rings (SSSR count). The number of aromatic nitrogens is 2. The Bertz CT molecular complexity index is 544. The zero-order valence-corrected chi connectivity index (χ0v) is 8.36. The van der Waals surface area contributed by atoms with E-state index >= 15 is 0 Å². The van der Waals surface area contributed by atoms with Crippen LogP contribution in [-0.2, 0) is 0 Å². The first kappa shape index (κ1) is 8.84. The highest BCUT2D eigenvalue weighted by atomic mass is 16.3. The Morgan fingerprint density at radius 1 is 1.12 bits per heavy atom. The van der Waals surface area contributed by atoms with Crippen molar-refractivity contribution in [2.75, 3.05) is 5.43 Å². The summed E-state index contributed by atoms with van der Waals surface area (Å²) in [6, 6.07) is 9.72. The molecule has 0 aliphatic carbocycles. The van der Waals surface area contributed by atoms with Crippen LogP contribution in [0.1, 0.15) is 5.56 Å². The van der Waals surface area contributed by atoms with Crippen LogP contribution in [0.5, 0.6) is 0 Å². The van der Waals surface area contributed by atoms with E-state index in [4.69, 9.17) is 0 Å². The molecule has 4 N–H and O–H groups in total. The fourth-order valence-electron chi connectivity index (χ4n) is 1.74. The number of nitrogens with one attached hydrogen (secondary N) is 3. The van der Waals surface area contributed by atoms with Crippen molar-refractivity contribution in [3.05, 3.63) is 42.1 Å². The highest BCUT2D eigenvalue weighted by molar-refractivity contribution is 5.83. The number of hydrogen-bond acceptors (Lipinski definition) is 4. The lowest BCUT2D eigenvalue weighted by Crippen LogP contribution is -2.20. The summed E-state index contributed by atoms with van der Waals surface area (Å²) in [5.41, 5.74) is 7.98. The third-order valence-corrected chi connectivity index (χ3v) is 2.48. The van der Waals surface area contributed by atoms with Gasteiger partial charge in [0.2, 0.25) is 0 Å². The van der Waals surface area contributed by atoms with Crippen LogP contribution in [0.15, 0.2) is 36.5 Å². The molecule has 0 atom stereocenters. The molecule has 0 saturated heterocycles. The quantitative estimate of drug-likeness (QED) is 0.584. The number of rotatable bonds is 1. The van der Waals surface area contributed by atoms with Gasteiger partial charge in [0.05, 0.1) is 11.8 Å². The number of fused-ring (bicyclic) bond motifs is 1. The van der Waals surface area contributed by atoms with Gasteiger partial charge in [0.15, 0.2) is 5.82 Å². The molecule has 1 aliphatic heterocycles. The maximum atomic E-state index is 9.79. The number of aliphatic hydroxyl groups excluding tert-OH is 1. The maximum absolute atomic E-state index is 9.79. The van der Waals surface area contributed by atoms with Crippen LogP contribution >= 0.6 is 0 Å². The molecular formula is C11H10N4O. The molecule has 1 aliphatic rings. The van der Waals surface area contributed by atoms with Crippen LogP contribution in [0.25, 0.3) is 17.0 Å². The zero-order chi connectivity index (χ0) is 11.0. The third-order valence-electron chi connectivity index (χ3n) is 2.48. The molecule has 0 unspecified atom stereocenters. The molecule has 2 heterocycles. The van der Waals surface area contributed by atoms with E-state index in [2.05, 4.69) is 21.0 Å². The first-order chi connectivity index (χ1) is 7.86. The number of H-pyrrole nitrogens is 1. The van der Waals surface area contributed by atoms with Gasteiger partial charge in [-0.1, -0.05) is 30.3 Å². The summed E-state index contributed by atoms with van der Waals surface area (Å²) in [5, 5.41) is 16.8. The van der Waals surface area contributed by atoms with E-state index in [1.807, 2.05) is 30.3 Å². The lowest BCUT2D eigenvalue weighted by Gasteiger charge is -2.12. The Morgan fingerprint density at radius 2 is 1.94 bits per heavy atom. The molecule has 5 heteroatoms. The minimum Gasteiger partial charge on any atom is -0.506 e. The van der Waals surface area contributed by atoms with E-state index in [1.165, 1.54) is 6.20 Å². The Balaban J connectivity index is 2.18. The Hall–Kier alpha value is -2.43. The standard InChI is InChI=1S/C11H10N4O/c16-8-6-12-14-11-9(8)10(13-15-11)7-4-2-1-3-5-7/h1-6,12,16H,(H2,13,14,15). The molecule has 0 radical (unpaired) electrons. The molecule has 1 aromatic heterocycles. The second-order valence-electron chi connectivity index (χ2n) is 3.49. The van der Waals surface area contributed by atoms with E-state index in [-0.39, 0.29) is 5.76 Å². The highest BCUT2D eigenvalue weighted by Crippen LogP contribution is 2.32. The van der Waals surface area contributed by atoms with Crippen molar-refractivity contribution in [2.24, 2.45) is 0 Å². The van der Waals surface area contributed by atoms with Crippen molar-refractivity contribution in [3.8, 4) is 11.3 Å². The van der Waals surface area contributed by atoms with Crippen molar-refractivity contribution in [1.29, 1.82) is 0 Å². The zero-order valence-electron chi connectivity index (χ0n) is 8.36. The lowest BCUT2D eigenvalue weighted by molar-refractivity contribution is 0.506. The summed E-state index contributed by atoms with van der Waals surface area (Å²) in [6.07, 6.45) is 1.49. The minimum atomic E-state index is 0.168. The summed E-state index contributed by atoms with van der Waals surface area (Å²) in [6.45, 7) is 0. The molecule has 0 saturated carbocycles. The van der Waals surface area contributed by atoms with Gasteiger partial charge in [-0.05, 0) is 0 Å². The van der Waals surface area contributed by atoms with Crippen molar-refractivity contribution >= 4 is 11.6 Å². The van der Waals surface area contributed by atoms with Crippen LogP contribution in [0.2, 0.25) is 0 Å². The molecule has 0 fully saturated rings. The fraction of sp³-hybridized carbons (Fsp3) is 0. The van der Waals surface area contributed by atoms with Crippen LogP contribution in [0, 0.1) is 0 Å². The molecule has 1 aromatic carbocycles. The first-order valence-electron chi connectivity index (χ1n) is 4.91. The van der Waals surface area contributed by atoms with Crippen molar-refractivity contribution in [3.63, 3.8) is 0 Å². The SMILES string of the molecule is OC1=CNNc2[nH]nc(-c3ccccc3)c21. The van der Waals surface area contributed by atoms with Gasteiger partial charge < -0.3 is 10.5 Å². The molecular weight excluding hydrogens is 204 g/mol. The molecule has 16 heavy (non-hydrogen) atoms. The van der Waals surface area contributed by atoms with Crippen molar-refractivity contribution < 1.29 is 5.11 Å². The maximum Gasteiger partial charge on any atom is 0.152 e. The average molecular weight is 214 g/mol. The first-order valence-corrected chi connectivity index (χ1v) is 4.91. The van der Waals surface area contributed by atoms with Gasteiger partial charge in [0, 0.05) is 5.56 Å². The monoisotopic (exact) mass is 214 g/mol. The van der Waals surface area contributed by atoms with Crippen LogP contribution in [0.3, 0.4) is 0 Å². The molecule has 0 amide bonds. The summed E-state index contributed by atoms with van der Waals surface area (Å²) in [7, 11) is 0. The number of aromatic amines is 1. The number of nitrogens with zero attached hydrogens (tertiary/aromatic N) is 1. The van der Waals surface area contributed by atoms with E-state index in [0.29, 0.717) is 11.4 Å². The normalized spacial score (nSPS) is 13.4. The fourth-order valence-corrected chi connectivity index (χ4v) is 1.74. The average Bonchev–Trinajstić information content (AvgIpc) is 2.75. The van der Waals surface area contributed by atoms with Gasteiger partial charge in [-0.3, -0.25) is 10.5 Å². The Morgan fingerprint density at radius 3 is 2.75 bits per heavy atom. The van der Waals surface area contributed by atoms with Gasteiger partial charge in [0.25, 0.3) is 0 Å². The topological polar surface area (TPSA) is 73.0 Å². The van der Waals surface area contributed by atoms with Crippen LogP contribution in [0.4, 0.5) is 5.82 Å². The minimum absolute atomic E-state index is 0.168. The van der Waals surface area contributed by atoms with E-state index in [1.54, 1.807) is 0 Å². The van der Waals surface area contributed by atoms with Gasteiger partial charge in [-0.25, -0.2) is 0 Å². The highest BCUT2D eigenvalue weighted by Gasteiger charge is 2.20. The van der Waals surface area contributed by atoms with Crippen LogP contribution in [-0.4, -0.2) is 15.3 Å². The van der Waals surface area contributed by atoms with Crippen molar-refractivity contribution in [1.82, 2.24) is 15.6 Å². The summed E-state index contributed by atoms with van der Waals surface area (Å²) in [4.78, 5) is 0. The number of hydrogen-bond donors (Lipinski definition) is 4. The number of hydrazine groups is 1. The molecule has 5 nitrogen and oxygen atoms in total. The predicted octanol–water partition coefficient (Wildman–Crippen LogP) is 1.86. The summed E-state index contributed by atoms with van der Waals surface area (Å²) < 4.78 is 0. The van der Waals surface area contributed by atoms with Gasteiger partial charge in [-0.2, -0.15) is 5.10 Å². The molecule has 0 bridgehead atoms. The summed E-state index contributed by atoms with van der Waals surface area (Å²) in [5.74, 6) is 0.834. The number of aliphatic hydroxyl groups is 1. The largest absolute Gasteiger partial charge is 0.506 e. The second kappa shape index (κ2) is 3.30. The number of anilines is 1. The Labute approximate surface area is 91.8 Å². The van der Waals surface area contributed by atoms with E-state index < -0.39 is 0 Å². The summed E-state index contributed by atoms with van der Waals surface area (Å²) >= 11 is 0. The second-order valence-corrected chi connectivity index (χ2v) is 3.49. The Kier molecular flexibility index (Phi) is 1.83. The van der Waals surface area contributed by atoms with E-state index in [0.717, 1.165) is 11.3 Å². The smallest absolute Gasteiger partial charge is 0.152 e. The van der Waals surface area contributed by atoms with Gasteiger partial charge in [-0.15, -0.1) is 0 Å². The third kappa shape index (κ3) is 1.22. The predicted molar refractivity (Wildman–Crippen MR) is 61.4 cm³/mol. The van der Waals surface area contributed by atoms with Crippen molar-refractivity contribution in [2.45, 2.75) is 0 Å².